The maximum absolute atomic E-state index is 11.7. The molecule has 1 aromatic carbocycles. The van der Waals surface area contributed by atoms with Crippen molar-refractivity contribution in [3.8, 4) is 5.75 Å². The van der Waals surface area contributed by atoms with Gasteiger partial charge in [-0.3, -0.25) is 4.79 Å². The lowest BCUT2D eigenvalue weighted by Crippen LogP contribution is -2.20. The molecular formula is C18H17ClN2O4. The van der Waals surface area contributed by atoms with Crippen molar-refractivity contribution in [2.24, 2.45) is 0 Å². The van der Waals surface area contributed by atoms with E-state index in [2.05, 4.69) is 10.3 Å². The van der Waals surface area contributed by atoms with Crippen LogP contribution in [0.1, 0.15) is 12.5 Å². The minimum absolute atomic E-state index is 0.329. The summed E-state index contributed by atoms with van der Waals surface area (Å²) < 4.78 is 10.2. The molecule has 6 nitrogen and oxygen atoms in total. The van der Waals surface area contributed by atoms with Gasteiger partial charge >= 0.3 is 5.97 Å². The van der Waals surface area contributed by atoms with Crippen molar-refractivity contribution >= 4 is 35.4 Å². The summed E-state index contributed by atoms with van der Waals surface area (Å²) in [5.74, 6) is -0.0178. The molecule has 0 radical (unpaired) electrons. The summed E-state index contributed by atoms with van der Waals surface area (Å²) in [7, 11) is 0. The lowest BCUT2D eigenvalue weighted by Gasteiger charge is -2.04. The molecule has 7 heteroatoms. The fraction of sp³-hybridized carbons (Fsp3) is 0.167. The zero-order valence-corrected chi connectivity index (χ0v) is 14.3. The summed E-state index contributed by atoms with van der Waals surface area (Å²) in [6, 6.07) is 10.4. The molecule has 0 unspecified atom stereocenters. The van der Waals surface area contributed by atoms with Crippen LogP contribution < -0.4 is 10.1 Å². The topological polar surface area (TPSA) is 77.5 Å². The lowest BCUT2D eigenvalue weighted by atomic mass is 10.2. The number of hydrogen-bond acceptors (Lipinski definition) is 5. The summed E-state index contributed by atoms with van der Waals surface area (Å²) >= 11 is 5.70. The zero-order chi connectivity index (χ0) is 18.1. The molecule has 2 rings (SSSR count). The van der Waals surface area contributed by atoms with E-state index >= 15 is 0 Å². The van der Waals surface area contributed by atoms with Gasteiger partial charge in [0.25, 0.3) is 5.91 Å². The van der Waals surface area contributed by atoms with Gasteiger partial charge in [0, 0.05) is 12.3 Å². The molecule has 25 heavy (non-hydrogen) atoms. The number of pyridine rings is 1. The van der Waals surface area contributed by atoms with Crippen LogP contribution in [0, 0.1) is 0 Å². The van der Waals surface area contributed by atoms with Gasteiger partial charge in [0.1, 0.15) is 11.6 Å². The molecule has 0 fully saturated rings. The van der Waals surface area contributed by atoms with Gasteiger partial charge in [0.2, 0.25) is 0 Å². The predicted octanol–water partition coefficient (Wildman–Crippen LogP) is 3.33. The number of rotatable bonds is 7. The minimum Gasteiger partial charge on any atom is -0.494 e. The molecule has 1 amide bonds. The van der Waals surface area contributed by atoms with Crippen LogP contribution >= 0.6 is 11.6 Å². The summed E-state index contributed by atoms with van der Waals surface area (Å²) in [4.78, 5) is 27.2. The van der Waals surface area contributed by atoms with E-state index in [-0.39, 0.29) is 0 Å². The minimum atomic E-state index is -0.617. The Morgan fingerprint density at radius 2 is 1.96 bits per heavy atom. The zero-order valence-electron chi connectivity index (χ0n) is 13.6. The molecule has 0 saturated carbocycles. The van der Waals surface area contributed by atoms with Gasteiger partial charge in [-0.05, 0) is 42.8 Å². The number of carbonyl (C=O) groups excluding carboxylic acids is 2. The summed E-state index contributed by atoms with van der Waals surface area (Å²) in [5, 5.41) is 2.95. The Hall–Kier alpha value is -2.86. The standard InChI is InChI=1S/C18H17ClN2O4/c1-2-24-15-7-3-13(4-8-15)5-10-18(23)25-12-17(22)21-16-9-6-14(19)11-20-16/h3-11H,2,12H2,1H3,(H,20,21,22)/b10-5+. The molecule has 130 valence electrons. The Kier molecular flexibility index (Phi) is 6.98. The van der Waals surface area contributed by atoms with Crippen LogP contribution in [0.3, 0.4) is 0 Å². The molecule has 0 aliphatic heterocycles. The van der Waals surface area contributed by atoms with E-state index in [0.29, 0.717) is 17.4 Å². The smallest absolute Gasteiger partial charge is 0.331 e. The maximum Gasteiger partial charge on any atom is 0.331 e. The van der Waals surface area contributed by atoms with E-state index in [4.69, 9.17) is 21.1 Å². The molecule has 0 aliphatic rings. The average Bonchev–Trinajstić information content (AvgIpc) is 2.61. The predicted molar refractivity (Wildman–Crippen MR) is 95.5 cm³/mol. The second-order valence-corrected chi connectivity index (χ2v) is 5.29. The van der Waals surface area contributed by atoms with Crippen LogP contribution in [0.5, 0.6) is 5.75 Å². The third-order valence-corrected chi connectivity index (χ3v) is 3.17. The maximum atomic E-state index is 11.7. The summed E-state index contributed by atoms with van der Waals surface area (Å²) in [6.45, 7) is 2.09. The number of ether oxygens (including phenoxy) is 2. The summed E-state index contributed by atoms with van der Waals surface area (Å²) in [6.07, 6.45) is 4.25. The number of esters is 1. The van der Waals surface area contributed by atoms with Crippen LogP contribution in [0.25, 0.3) is 6.08 Å². The first-order valence-corrected chi connectivity index (χ1v) is 7.93. The van der Waals surface area contributed by atoms with E-state index in [9.17, 15) is 9.59 Å². The first kappa shape index (κ1) is 18.5. The molecule has 0 atom stereocenters. The van der Waals surface area contributed by atoms with Gasteiger partial charge < -0.3 is 14.8 Å². The van der Waals surface area contributed by atoms with Gasteiger partial charge in [0.05, 0.1) is 11.6 Å². The number of halogens is 1. The van der Waals surface area contributed by atoms with Crippen LogP contribution in [0.2, 0.25) is 5.02 Å². The number of hydrogen-bond donors (Lipinski definition) is 1. The van der Waals surface area contributed by atoms with Crippen molar-refractivity contribution in [3.05, 3.63) is 59.3 Å². The molecule has 0 spiro atoms. The van der Waals surface area contributed by atoms with Crippen LogP contribution in [0.15, 0.2) is 48.7 Å². The van der Waals surface area contributed by atoms with Crippen molar-refractivity contribution in [2.75, 3.05) is 18.5 Å². The fourth-order valence-corrected chi connectivity index (χ4v) is 1.93. The van der Waals surface area contributed by atoms with E-state index < -0.39 is 18.5 Å². The van der Waals surface area contributed by atoms with E-state index in [0.717, 1.165) is 11.3 Å². The molecule has 1 heterocycles. The third-order valence-electron chi connectivity index (χ3n) is 2.94. The number of nitrogens with one attached hydrogen (secondary N) is 1. The Balaban J connectivity index is 1.77. The Morgan fingerprint density at radius 1 is 1.20 bits per heavy atom. The number of carbonyl (C=O) groups is 2. The van der Waals surface area contributed by atoms with Gasteiger partial charge in [-0.25, -0.2) is 9.78 Å². The van der Waals surface area contributed by atoms with E-state index in [1.165, 1.54) is 12.3 Å². The first-order valence-electron chi connectivity index (χ1n) is 7.56. The largest absolute Gasteiger partial charge is 0.494 e. The first-order chi connectivity index (χ1) is 12.1. The SMILES string of the molecule is CCOc1ccc(/C=C/C(=O)OCC(=O)Nc2ccc(Cl)cn2)cc1. The molecule has 0 saturated heterocycles. The number of benzene rings is 1. The van der Waals surface area contributed by atoms with Crippen molar-refractivity contribution in [1.82, 2.24) is 4.98 Å². The second-order valence-electron chi connectivity index (χ2n) is 4.85. The molecule has 1 aromatic heterocycles. The Labute approximate surface area is 150 Å². The van der Waals surface area contributed by atoms with Gasteiger partial charge in [-0.15, -0.1) is 0 Å². The molecular weight excluding hydrogens is 344 g/mol. The number of nitrogens with zero attached hydrogens (tertiary/aromatic N) is 1. The molecule has 0 bridgehead atoms. The Morgan fingerprint density at radius 3 is 2.60 bits per heavy atom. The van der Waals surface area contributed by atoms with Gasteiger partial charge in [-0.1, -0.05) is 23.7 Å². The van der Waals surface area contributed by atoms with Crippen LogP contribution in [-0.2, 0) is 14.3 Å². The number of amides is 1. The monoisotopic (exact) mass is 360 g/mol. The van der Waals surface area contributed by atoms with E-state index in [1.807, 2.05) is 19.1 Å². The van der Waals surface area contributed by atoms with Gasteiger partial charge in [0.15, 0.2) is 6.61 Å². The second kappa shape index (κ2) is 9.44. The normalized spacial score (nSPS) is 10.5. The van der Waals surface area contributed by atoms with Crippen molar-refractivity contribution in [1.29, 1.82) is 0 Å². The fourth-order valence-electron chi connectivity index (χ4n) is 1.82. The summed E-state index contributed by atoms with van der Waals surface area (Å²) in [5.41, 5.74) is 0.815. The van der Waals surface area contributed by atoms with E-state index in [1.54, 1.807) is 30.3 Å². The van der Waals surface area contributed by atoms with Crippen molar-refractivity contribution in [3.63, 3.8) is 0 Å². The Bertz CT molecular complexity index is 743. The lowest BCUT2D eigenvalue weighted by molar-refractivity contribution is -0.142. The molecule has 2 aromatic rings. The highest BCUT2D eigenvalue weighted by Gasteiger charge is 2.06. The third kappa shape index (κ3) is 6.64. The van der Waals surface area contributed by atoms with Crippen molar-refractivity contribution in [2.45, 2.75) is 6.92 Å². The average molecular weight is 361 g/mol. The van der Waals surface area contributed by atoms with Crippen molar-refractivity contribution < 1.29 is 19.1 Å². The molecule has 1 N–H and O–H groups in total. The van der Waals surface area contributed by atoms with Crippen LogP contribution in [-0.4, -0.2) is 30.1 Å². The molecule has 0 aliphatic carbocycles. The number of anilines is 1. The highest BCUT2D eigenvalue weighted by molar-refractivity contribution is 6.30. The van der Waals surface area contributed by atoms with Gasteiger partial charge in [-0.2, -0.15) is 0 Å². The quantitative estimate of drug-likeness (QED) is 0.605. The highest BCUT2D eigenvalue weighted by Crippen LogP contribution is 2.13. The van der Waals surface area contributed by atoms with Crippen LogP contribution in [0.4, 0.5) is 5.82 Å². The number of aromatic nitrogens is 1. The highest BCUT2D eigenvalue weighted by atomic mass is 35.5.